The van der Waals surface area contributed by atoms with E-state index < -0.39 is 6.10 Å². The van der Waals surface area contributed by atoms with E-state index >= 15 is 0 Å². The Morgan fingerprint density at radius 3 is 2.10 bits per heavy atom. The molecule has 0 aliphatic carbocycles. The van der Waals surface area contributed by atoms with Crippen molar-refractivity contribution in [2.75, 3.05) is 0 Å². The van der Waals surface area contributed by atoms with Gasteiger partial charge < -0.3 is 9.84 Å². The van der Waals surface area contributed by atoms with Gasteiger partial charge >= 0.3 is 0 Å². The lowest BCUT2D eigenvalue weighted by Gasteiger charge is -2.06. The van der Waals surface area contributed by atoms with Gasteiger partial charge in [-0.05, 0) is 42.3 Å². The topological polar surface area (TPSA) is 29.5 Å². The zero-order chi connectivity index (χ0) is 14.4. The van der Waals surface area contributed by atoms with Crippen LogP contribution in [0.1, 0.15) is 19.4 Å². The molecule has 0 radical (unpaired) electrons. The van der Waals surface area contributed by atoms with Crippen LogP contribution >= 0.6 is 0 Å². The molecule has 0 aliphatic heterocycles. The molecule has 0 fully saturated rings. The molecule has 2 aromatic carbocycles. The van der Waals surface area contributed by atoms with Crippen molar-refractivity contribution in [2.45, 2.75) is 20.0 Å². The van der Waals surface area contributed by atoms with Gasteiger partial charge in [-0.25, -0.2) is 0 Å². The number of aliphatic hydroxyl groups excluding tert-OH is 1. The Morgan fingerprint density at radius 1 is 0.900 bits per heavy atom. The fourth-order valence-corrected chi connectivity index (χ4v) is 1.55. The number of hydrogen-bond acceptors (Lipinski definition) is 2. The molecule has 20 heavy (non-hydrogen) atoms. The maximum absolute atomic E-state index is 9.64. The van der Waals surface area contributed by atoms with Crippen LogP contribution in [0.4, 0.5) is 0 Å². The molecule has 2 rings (SSSR count). The van der Waals surface area contributed by atoms with Gasteiger partial charge in [0, 0.05) is 5.56 Å². The van der Waals surface area contributed by atoms with Gasteiger partial charge in [0.25, 0.3) is 0 Å². The van der Waals surface area contributed by atoms with E-state index in [0.29, 0.717) is 0 Å². The normalized spacial score (nSPS) is 11.6. The lowest BCUT2D eigenvalue weighted by molar-refractivity contribution is 0.181. The van der Waals surface area contributed by atoms with Crippen LogP contribution < -0.4 is 4.74 Å². The van der Waals surface area contributed by atoms with Gasteiger partial charge in [-0.15, -0.1) is 0 Å². The fraction of sp³-hybridized carbons (Fsp3) is 0.222. The Morgan fingerprint density at radius 2 is 1.50 bits per heavy atom. The molecule has 0 saturated heterocycles. The highest BCUT2D eigenvalue weighted by Gasteiger charge is 2.03. The first kappa shape index (κ1) is 14.2. The number of aliphatic hydroxyl groups is 1. The highest BCUT2D eigenvalue weighted by Crippen LogP contribution is 2.20. The van der Waals surface area contributed by atoms with Crippen LogP contribution in [0, 0.1) is 17.8 Å². The molecule has 0 heterocycles. The van der Waals surface area contributed by atoms with Crippen LogP contribution in [-0.4, -0.2) is 11.2 Å². The molecule has 2 aromatic rings. The molecular formula is C18H18O2. The predicted octanol–water partition coefficient (Wildman–Crippen LogP) is 3.85. The predicted molar refractivity (Wildman–Crippen MR) is 80.7 cm³/mol. The standard InChI is InChI=1S/C18H18O2/c1-14(2)18(19)13-10-15-8-11-17(12-9-15)20-16-6-4-3-5-7-16/h3-9,11-12,14,18-19H,1-2H3. The first-order chi connectivity index (χ1) is 9.65. The maximum Gasteiger partial charge on any atom is 0.127 e. The number of para-hydroxylation sites is 1. The molecule has 0 saturated carbocycles. The van der Waals surface area contributed by atoms with Gasteiger partial charge in [-0.1, -0.05) is 43.9 Å². The summed E-state index contributed by atoms with van der Waals surface area (Å²) in [6.07, 6.45) is -0.588. The van der Waals surface area contributed by atoms with Crippen molar-refractivity contribution in [3.8, 4) is 23.3 Å². The second kappa shape index (κ2) is 6.79. The van der Waals surface area contributed by atoms with E-state index in [-0.39, 0.29) is 5.92 Å². The van der Waals surface area contributed by atoms with E-state index in [1.807, 2.05) is 68.4 Å². The first-order valence-corrected chi connectivity index (χ1v) is 6.68. The third kappa shape index (κ3) is 4.15. The summed E-state index contributed by atoms with van der Waals surface area (Å²) in [6, 6.07) is 17.2. The van der Waals surface area contributed by atoms with Crippen LogP contribution in [-0.2, 0) is 0 Å². The molecule has 0 amide bonds. The van der Waals surface area contributed by atoms with E-state index in [4.69, 9.17) is 4.74 Å². The van der Waals surface area contributed by atoms with Crippen molar-refractivity contribution < 1.29 is 9.84 Å². The third-order valence-corrected chi connectivity index (χ3v) is 2.83. The summed E-state index contributed by atoms with van der Waals surface area (Å²) in [7, 11) is 0. The van der Waals surface area contributed by atoms with E-state index in [2.05, 4.69) is 11.8 Å². The van der Waals surface area contributed by atoms with Crippen LogP contribution in [0.3, 0.4) is 0 Å². The molecule has 0 spiro atoms. The van der Waals surface area contributed by atoms with Crippen molar-refractivity contribution >= 4 is 0 Å². The molecule has 2 heteroatoms. The first-order valence-electron chi connectivity index (χ1n) is 6.68. The lowest BCUT2D eigenvalue weighted by atomic mass is 10.1. The van der Waals surface area contributed by atoms with Crippen LogP contribution in [0.15, 0.2) is 54.6 Å². The van der Waals surface area contributed by atoms with Crippen LogP contribution in [0.25, 0.3) is 0 Å². The zero-order valence-electron chi connectivity index (χ0n) is 11.7. The average molecular weight is 266 g/mol. The molecule has 0 bridgehead atoms. The SMILES string of the molecule is CC(C)C(O)C#Cc1ccc(Oc2ccccc2)cc1. The van der Waals surface area contributed by atoms with E-state index in [1.165, 1.54) is 0 Å². The van der Waals surface area contributed by atoms with Gasteiger partial charge in [0.15, 0.2) is 0 Å². The summed E-state index contributed by atoms with van der Waals surface area (Å²) in [6.45, 7) is 3.88. The Balaban J connectivity index is 2.03. The fourth-order valence-electron chi connectivity index (χ4n) is 1.55. The Bertz CT molecular complexity index is 589. The van der Waals surface area contributed by atoms with Gasteiger partial charge in [-0.2, -0.15) is 0 Å². The highest BCUT2D eigenvalue weighted by molar-refractivity contribution is 5.40. The number of ether oxygens (including phenoxy) is 1. The number of hydrogen-bond donors (Lipinski definition) is 1. The Kier molecular flexibility index (Phi) is 4.81. The van der Waals surface area contributed by atoms with Crippen LogP contribution in [0.5, 0.6) is 11.5 Å². The Labute approximate surface area is 120 Å². The summed E-state index contributed by atoms with van der Waals surface area (Å²) in [5, 5.41) is 9.64. The minimum atomic E-state index is -0.588. The quantitative estimate of drug-likeness (QED) is 0.855. The summed E-state index contributed by atoms with van der Waals surface area (Å²) < 4.78 is 5.70. The second-order valence-corrected chi connectivity index (χ2v) is 4.90. The number of benzene rings is 2. The monoisotopic (exact) mass is 266 g/mol. The van der Waals surface area contributed by atoms with Gasteiger partial charge in [0.05, 0.1) is 0 Å². The van der Waals surface area contributed by atoms with Crippen molar-refractivity contribution in [1.82, 2.24) is 0 Å². The largest absolute Gasteiger partial charge is 0.457 e. The third-order valence-electron chi connectivity index (χ3n) is 2.83. The van der Waals surface area contributed by atoms with Gasteiger partial charge in [-0.3, -0.25) is 0 Å². The molecule has 102 valence electrons. The molecular weight excluding hydrogens is 248 g/mol. The average Bonchev–Trinajstić information content (AvgIpc) is 2.47. The van der Waals surface area contributed by atoms with Crippen molar-refractivity contribution in [3.05, 3.63) is 60.2 Å². The van der Waals surface area contributed by atoms with Gasteiger partial charge in [0.2, 0.25) is 0 Å². The second-order valence-electron chi connectivity index (χ2n) is 4.90. The zero-order valence-corrected chi connectivity index (χ0v) is 11.7. The van der Waals surface area contributed by atoms with E-state index in [9.17, 15) is 5.11 Å². The Hall–Kier alpha value is -2.24. The minimum Gasteiger partial charge on any atom is -0.457 e. The van der Waals surface area contributed by atoms with E-state index in [0.717, 1.165) is 17.1 Å². The highest BCUT2D eigenvalue weighted by atomic mass is 16.5. The van der Waals surface area contributed by atoms with E-state index in [1.54, 1.807) is 0 Å². The maximum atomic E-state index is 9.64. The van der Waals surface area contributed by atoms with Crippen molar-refractivity contribution in [2.24, 2.45) is 5.92 Å². The molecule has 1 N–H and O–H groups in total. The number of rotatable bonds is 3. The van der Waals surface area contributed by atoms with Crippen molar-refractivity contribution in [3.63, 3.8) is 0 Å². The minimum absolute atomic E-state index is 0.142. The smallest absolute Gasteiger partial charge is 0.127 e. The molecule has 0 aromatic heterocycles. The van der Waals surface area contributed by atoms with Crippen LogP contribution in [0.2, 0.25) is 0 Å². The summed E-state index contributed by atoms with van der Waals surface area (Å²) in [5.74, 6) is 7.51. The summed E-state index contributed by atoms with van der Waals surface area (Å²) in [5.41, 5.74) is 0.866. The lowest BCUT2D eigenvalue weighted by Crippen LogP contribution is -2.11. The summed E-state index contributed by atoms with van der Waals surface area (Å²) in [4.78, 5) is 0. The van der Waals surface area contributed by atoms with Gasteiger partial charge in [0.1, 0.15) is 17.6 Å². The molecule has 2 nitrogen and oxygen atoms in total. The molecule has 0 aliphatic rings. The molecule has 1 unspecified atom stereocenters. The molecule has 1 atom stereocenters. The summed E-state index contributed by atoms with van der Waals surface area (Å²) >= 11 is 0. The van der Waals surface area contributed by atoms with Crippen molar-refractivity contribution in [1.29, 1.82) is 0 Å².